The number of rotatable bonds is 4. The van der Waals surface area contributed by atoms with E-state index in [9.17, 15) is 23.5 Å². The van der Waals surface area contributed by atoms with E-state index in [4.69, 9.17) is 4.74 Å². The smallest absolute Gasteiger partial charge is 0.272 e. The molecule has 2 N–H and O–H groups in total. The van der Waals surface area contributed by atoms with Gasteiger partial charge in [0.1, 0.15) is 35.7 Å². The summed E-state index contributed by atoms with van der Waals surface area (Å²) in [5.74, 6) is 4.25. The molecule has 4 aromatic rings. The number of nitrogens with zero attached hydrogens (tertiary/aromatic N) is 4. The summed E-state index contributed by atoms with van der Waals surface area (Å²) in [5, 5.41) is 13.8. The number of aromatic nitrogens is 2. The number of likely N-dealkylation sites (tertiary alicyclic amines) is 1. The molecule has 1 saturated heterocycles. The normalized spacial score (nSPS) is 17.4. The standard InChI is InChI=1S/C28H23F2N5O4S/c1-33-23-9-16(3-2-8-34-11-18(36)12-34)4-7-25(23)39-14-22(27(33)38)31-26(37)21-13-35-24(15-40-28(35)32-21)19-6-5-17(29)10-20(19)30/h4-7,9-10,13,15,18,22,36H,8,11-12,14H2,1H3,(H,31,37)/t22-/m0/s1. The number of nitrogens with one attached hydrogen (secondary N) is 1. The molecule has 4 heterocycles. The second-order valence-corrected chi connectivity index (χ2v) is 10.4. The number of aliphatic hydroxyl groups is 1. The van der Waals surface area contributed by atoms with Crippen molar-refractivity contribution in [2.45, 2.75) is 12.1 Å². The number of aliphatic hydroxyl groups excluding tert-OH is 1. The predicted molar refractivity (Wildman–Crippen MR) is 144 cm³/mol. The van der Waals surface area contributed by atoms with Gasteiger partial charge in [-0.2, -0.15) is 0 Å². The number of thiazole rings is 1. The van der Waals surface area contributed by atoms with Crippen LogP contribution in [0.15, 0.2) is 48.0 Å². The van der Waals surface area contributed by atoms with Gasteiger partial charge in [-0.25, -0.2) is 13.8 Å². The second-order valence-electron chi connectivity index (χ2n) is 9.59. The third-order valence-corrected chi connectivity index (χ3v) is 7.62. The molecule has 0 radical (unpaired) electrons. The first kappa shape index (κ1) is 25.9. The van der Waals surface area contributed by atoms with E-state index in [2.05, 4.69) is 22.1 Å². The minimum atomic E-state index is -0.981. The molecule has 0 bridgehead atoms. The van der Waals surface area contributed by atoms with Crippen molar-refractivity contribution in [1.29, 1.82) is 0 Å². The van der Waals surface area contributed by atoms with Gasteiger partial charge in [-0.3, -0.25) is 18.9 Å². The van der Waals surface area contributed by atoms with Gasteiger partial charge < -0.3 is 20.1 Å². The highest BCUT2D eigenvalue weighted by Gasteiger charge is 2.31. The Balaban J connectivity index is 1.17. The molecular formula is C28H23F2N5O4S. The van der Waals surface area contributed by atoms with Crippen molar-refractivity contribution < 1.29 is 28.2 Å². The van der Waals surface area contributed by atoms with Crippen LogP contribution < -0.4 is 15.0 Å². The molecule has 1 fully saturated rings. The van der Waals surface area contributed by atoms with Crippen LogP contribution >= 0.6 is 11.3 Å². The molecular weight excluding hydrogens is 540 g/mol. The zero-order valence-corrected chi connectivity index (χ0v) is 22.0. The first-order chi connectivity index (χ1) is 19.3. The molecule has 0 saturated carbocycles. The van der Waals surface area contributed by atoms with E-state index >= 15 is 0 Å². The number of amides is 2. The average Bonchev–Trinajstić information content (AvgIpc) is 3.48. The van der Waals surface area contributed by atoms with Crippen LogP contribution in [0.3, 0.4) is 0 Å². The van der Waals surface area contributed by atoms with Crippen LogP contribution in [0, 0.1) is 23.5 Å². The number of hydrogen-bond donors (Lipinski definition) is 2. The van der Waals surface area contributed by atoms with Crippen molar-refractivity contribution in [3.05, 3.63) is 70.9 Å². The van der Waals surface area contributed by atoms with E-state index in [0.717, 1.165) is 12.1 Å². The maximum absolute atomic E-state index is 14.4. The van der Waals surface area contributed by atoms with Crippen molar-refractivity contribution in [3.8, 4) is 28.8 Å². The van der Waals surface area contributed by atoms with Crippen LogP contribution in [0.2, 0.25) is 0 Å². The largest absolute Gasteiger partial charge is 0.489 e. The Labute approximate surface area is 231 Å². The number of likely N-dealkylation sites (N-methyl/N-ethyl adjacent to an activating group) is 1. The number of ether oxygens (including phenoxy) is 1. The number of imidazole rings is 1. The van der Waals surface area contributed by atoms with Crippen LogP contribution in [0.5, 0.6) is 5.75 Å². The molecule has 40 heavy (non-hydrogen) atoms. The summed E-state index contributed by atoms with van der Waals surface area (Å²) in [6.07, 6.45) is 1.17. The lowest BCUT2D eigenvalue weighted by Crippen LogP contribution is -2.50. The number of carbonyl (C=O) groups is 2. The molecule has 2 aromatic heterocycles. The molecule has 204 valence electrons. The number of anilines is 1. The van der Waals surface area contributed by atoms with Crippen molar-refractivity contribution >= 4 is 33.8 Å². The molecule has 2 aliphatic heterocycles. The lowest BCUT2D eigenvalue weighted by molar-refractivity contribution is -0.120. The Morgan fingerprint density at radius 3 is 2.85 bits per heavy atom. The Bertz CT molecular complexity index is 1700. The van der Waals surface area contributed by atoms with Gasteiger partial charge in [-0.05, 0) is 30.3 Å². The molecule has 1 atom stereocenters. The average molecular weight is 564 g/mol. The number of hydrogen-bond acceptors (Lipinski definition) is 7. The monoisotopic (exact) mass is 563 g/mol. The van der Waals surface area contributed by atoms with Gasteiger partial charge in [-0.1, -0.05) is 11.8 Å². The summed E-state index contributed by atoms with van der Waals surface area (Å²) in [6.45, 7) is 1.68. The number of carbonyl (C=O) groups excluding carboxylic acids is 2. The summed E-state index contributed by atoms with van der Waals surface area (Å²) >= 11 is 1.20. The fourth-order valence-corrected chi connectivity index (χ4v) is 5.49. The van der Waals surface area contributed by atoms with Gasteiger partial charge in [0.2, 0.25) is 0 Å². The Kier molecular flexibility index (Phi) is 6.71. The van der Waals surface area contributed by atoms with Gasteiger partial charge in [0.05, 0.1) is 24.0 Å². The van der Waals surface area contributed by atoms with Crippen LogP contribution in [-0.4, -0.2) is 76.6 Å². The highest BCUT2D eigenvalue weighted by Crippen LogP contribution is 2.32. The molecule has 0 spiro atoms. The SMILES string of the molecule is CN1C(=O)[C@@H](NC(=O)c2cn3c(-c4ccc(F)cc4F)csc3n2)COc2ccc(C#CCN3CC(O)C3)cc21. The molecule has 9 nitrogen and oxygen atoms in total. The van der Waals surface area contributed by atoms with Crippen molar-refractivity contribution in [2.75, 3.05) is 38.2 Å². The summed E-state index contributed by atoms with van der Waals surface area (Å²) in [4.78, 5) is 34.6. The Morgan fingerprint density at radius 2 is 2.08 bits per heavy atom. The fraction of sp³-hybridized carbons (Fsp3) is 0.250. The van der Waals surface area contributed by atoms with E-state index in [0.29, 0.717) is 47.3 Å². The van der Waals surface area contributed by atoms with E-state index in [1.165, 1.54) is 28.5 Å². The van der Waals surface area contributed by atoms with Crippen molar-refractivity contribution in [3.63, 3.8) is 0 Å². The van der Waals surface area contributed by atoms with Crippen molar-refractivity contribution in [2.24, 2.45) is 0 Å². The molecule has 2 aliphatic rings. The van der Waals surface area contributed by atoms with Gasteiger partial charge >= 0.3 is 0 Å². The molecule has 6 rings (SSSR count). The van der Waals surface area contributed by atoms with Crippen LogP contribution in [0.1, 0.15) is 16.1 Å². The maximum Gasteiger partial charge on any atom is 0.272 e. The summed E-state index contributed by atoms with van der Waals surface area (Å²) < 4.78 is 35.2. The van der Waals surface area contributed by atoms with Gasteiger partial charge in [-0.15, -0.1) is 11.3 Å². The zero-order valence-electron chi connectivity index (χ0n) is 21.2. The predicted octanol–water partition coefficient (Wildman–Crippen LogP) is 2.52. The number of fused-ring (bicyclic) bond motifs is 2. The van der Waals surface area contributed by atoms with Crippen molar-refractivity contribution in [1.82, 2.24) is 19.6 Å². The fourth-order valence-electron chi connectivity index (χ4n) is 4.62. The lowest BCUT2D eigenvalue weighted by Gasteiger charge is -2.33. The zero-order chi connectivity index (χ0) is 28.0. The number of benzene rings is 2. The second kappa shape index (κ2) is 10.3. The highest BCUT2D eigenvalue weighted by atomic mass is 32.1. The van der Waals surface area contributed by atoms with Crippen LogP contribution in [0.25, 0.3) is 16.2 Å². The van der Waals surface area contributed by atoms with E-state index in [-0.39, 0.29) is 29.9 Å². The molecule has 2 aromatic carbocycles. The number of halogens is 2. The molecule has 2 amide bonds. The lowest BCUT2D eigenvalue weighted by atomic mass is 10.1. The molecule has 0 aliphatic carbocycles. The maximum atomic E-state index is 14.4. The summed E-state index contributed by atoms with van der Waals surface area (Å²) in [6, 6.07) is 7.60. The minimum Gasteiger partial charge on any atom is -0.489 e. The van der Waals surface area contributed by atoms with Gasteiger partial charge in [0.25, 0.3) is 11.8 Å². The minimum absolute atomic E-state index is 0.0418. The third-order valence-electron chi connectivity index (χ3n) is 6.78. The molecule has 0 unspecified atom stereocenters. The summed E-state index contributed by atoms with van der Waals surface area (Å²) in [5.41, 5.74) is 1.88. The third kappa shape index (κ3) is 4.90. The van der Waals surface area contributed by atoms with Gasteiger partial charge in [0, 0.05) is 48.9 Å². The topological polar surface area (TPSA) is 99.4 Å². The Morgan fingerprint density at radius 1 is 1.25 bits per heavy atom. The summed E-state index contributed by atoms with van der Waals surface area (Å²) in [7, 11) is 1.60. The first-order valence-corrected chi connectivity index (χ1v) is 13.3. The van der Waals surface area contributed by atoms with Crippen LogP contribution in [-0.2, 0) is 4.79 Å². The quantitative estimate of drug-likeness (QED) is 0.371. The van der Waals surface area contributed by atoms with E-state index < -0.39 is 23.6 Å². The van der Waals surface area contributed by atoms with Gasteiger partial charge in [0.15, 0.2) is 4.96 Å². The number of β-amino-alcohol motifs (C(OH)–C–C–N with tert-alkyl or cyclic N) is 1. The van der Waals surface area contributed by atoms with E-state index in [1.807, 2.05) is 4.90 Å². The Hall–Kier alpha value is -4.31. The van der Waals surface area contributed by atoms with E-state index in [1.54, 1.807) is 35.0 Å². The first-order valence-electron chi connectivity index (χ1n) is 12.4. The molecule has 12 heteroatoms. The van der Waals surface area contributed by atoms with Crippen LogP contribution in [0.4, 0.5) is 14.5 Å². The highest BCUT2D eigenvalue weighted by molar-refractivity contribution is 7.15.